The van der Waals surface area contributed by atoms with Gasteiger partial charge in [-0.3, -0.25) is 9.59 Å². The molecule has 144 valence electrons. The van der Waals surface area contributed by atoms with Crippen LogP contribution in [0.5, 0.6) is 0 Å². The monoisotopic (exact) mass is 378 g/mol. The summed E-state index contributed by atoms with van der Waals surface area (Å²) >= 11 is 0. The van der Waals surface area contributed by atoms with Crippen molar-refractivity contribution in [1.82, 2.24) is 4.90 Å². The molecule has 28 heavy (non-hydrogen) atoms. The van der Waals surface area contributed by atoms with Crippen molar-refractivity contribution in [3.8, 4) is 0 Å². The molecule has 0 radical (unpaired) electrons. The topological polar surface area (TPSA) is 75.7 Å². The number of ether oxygens (including phenoxy) is 1. The number of hydrogen-bond acceptors (Lipinski definition) is 4. The second-order valence-corrected chi connectivity index (χ2v) is 7.15. The van der Waals surface area contributed by atoms with Crippen LogP contribution >= 0.6 is 0 Å². The zero-order valence-corrected chi connectivity index (χ0v) is 15.5. The van der Waals surface area contributed by atoms with Crippen molar-refractivity contribution in [3.63, 3.8) is 0 Å². The van der Waals surface area contributed by atoms with Gasteiger partial charge in [-0.2, -0.15) is 0 Å². The molecule has 6 nitrogen and oxygen atoms in total. The number of rotatable bonds is 4. The third kappa shape index (κ3) is 3.76. The number of anilines is 1. The van der Waals surface area contributed by atoms with Gasteiger partial charge in [-0.25, -0.2) is 4.79 Å². The van der Waals surface area contributed by atoms with Gasteiger partial charge in [0.1, 0.15) is 0 Å². The molecule has 1 unspecified atom stereocenters. The van der Waals surface area contributed by atoms with Gasteiger partial charge >= 0.3 is 5.97 Å². The lowest BCUT2D eigenvalue weighted by molar-refractivity contribution is -0.140. The Hall–Kier alpha value is -3.15. The smallest absolute Gasteiger partial charge is 0.339 e. The minimum absolute atomic E-state index is 0.0248. The Balaban J connectivity index is 1.57. The Morgan fingerprint density at radius 2 is 1.75 bits per heavy atom. The van der Waals surface area contributed by atoms with Crippen LogP contribution in [0.4, 0.5) is 5.69 Å². The molecule has 1 atom stereocenters. The van der Waals surface area contributed by atoms with Gasteiger partial charge in [0, 0.05) is 30.8 Å². The molecule has 1 saturated heterocycles. The van der Waals surface area contributed by atoms with Crippen molar-refractivity contribution in [2.45, 2.75) is 31.8 Å². The summed E-state index contributed by atoms with van der Waals surface area (Å²) in [5.74, 6) is -0.744. The molecule has 2 aliphatic rings. The van der Waals surface area contributed by atoms with E-state index in [2.05, 4.69) is 5.32 Å². The molecule has 2 heterocycles. The standard InChI is InChI=1S/C22H22N2O4/c25-19-11-9-16-14-17(8-10-18(16)23-19)22(27)28-20(15-6-2-1-3-7-15)21(26)24-12-4-5-13-24/h1-3,6-8,10,14,20H,4-5,9,11-13H2,(H,23,25). The van der Waals surface area contributed by atoms with Gasteiger partial charge in [0.25, 0.3) is 5.91 Å². The van der Waals surface area contributed by atoms with Crippen LogP contribution in [0.25, 0.3) is 0 Å². The van der Waals surface area contributed by atoms with Crippen LogP contribution in [-0.4, -0.2) is 35.8 Å². The Bertz CT molecular complexity index is 904. The average Bonchev–Trinajstić information content (AvgIpc) is 3.26. The van der Waals surface area contributed by atoms with Crippen molar-refractivity contribution in [3.05, 3.63) is 65.2 Å². The molecule has 2 aromatic carbocycles. The van der Waals surface area contributed by atoms with E-state index in [1.54, 1.807) is 35.2 Å². The van der Waals surface area contributed by atoms with Crippen LogP contribution in [0.3, 0.4) is 0 Å². The van der Waals surface area contributed by atoms with Crippen LogP contribution in [0.1, 0.15) is 46.9 Å². The van der Waals surface area contributed by atoms with Crippen LogP contribution in [0.2, 0.25) is 0 Å². The molecular formula is C22H22N2O4. The number of benzene rings is 2. The molecule has 0 spiro atoms. The lowest BCUT2D eigenvalue weighted by Crippen LogP contribution is -2.34. The van der Waals surface area contributed by atoms with Crippen molar-refractivity contribution < 1.29 is 19.1 Å². The number of likely N-dealkylation sites (tertiary alicyclic amines) is 1. The number of esters is 1. The van der Waals surface area contributed by atoms with Gasteiger partial charge in [-0.05, 0) is 43.0 Å². The number of nitrogens with zero attached hydrogens (tertiary/aromatic N) is 1. The Labute approximate surface area is 163 Å². The van der Waals surface area contributed by atoms with E-state index in [4.69, 9.17) is 4.74 Å². The molecule has 2 aliphatic heterocycles. The van der Waals surface area contributed by atoms with Gasteiger partial charge in [0.05, 0.1) is 5.56 Å². The lowest BCUT2D eigenvalue weighted by Gasteiger charge is -2.24. The summed E-state index contributed by atoms with van der Waals surface area (Å²) in [4.78, 5) is 39.1. The maximum atomic E-state index is 13.0. The predicted octanol–water partition coefficient (Wildman–Crippen LogP) is 3.09. The molecule has 2 amide bonds. The minimum atomic E-state index is -0.956. The highest BCUT2D eigenvalue weighted by Crippen LogP contribution is 2.27. The van der Waals surface area contributed by atoms with Crippen LogP contribution < -0.4 is 5.32 Å². The first-order valence-corrected chi connectivity index (χ1v) is 9.59. The molecule has 2 aromatic rings. The summed E-state index contributed by atoms with van der Waals surface area (Å²) in [6.07, 6.45) is 1.96. The summed E-state index contributed by atoms with van der Waals surface area (Å²) in [7, 11) is 0. The van der Waals surface area contributed by atoms with E-state index < -0.39 is 12.1 Å². The normalized spacial score (nSPS) is 16.9. The number of hydrogen-bond donors (Lipinski definition) is 1. The van der Waals surface area contributed by atoms with E-state index in [1.165, 1.54) is 0 Å². The fraction of sp³-hybridized carbons (Fsp3) is 0.318. The molecule has 0 bridgehead atoms. The summed E-state index contributed by atoms with van der Waals surface area (Å²) in [6, 6.07) is 14.2. The number of carbonyl (C=O) groups is 3. The molecular weight excluding hydrogens is 356 g/mol. The quantitative estimate of drug-likeness (QED) is 0.830. The maximum Gasteiger partial charge on any atom is 0.339 e. The fourth-order valence-corrected chi connectivity index (χ4v) is 3.68. The van der Waals surface area contributed by atoms with Crippen molar-refractivity contribution in [2.24, 2.45) is 0 Å². The summed E-state index contributed by atoms with van der Waals surface area (Å²) in [5, 5.41) is 2.80. The number of nitrogens with one attached hydrogen (secondary N) is 1. The van der Waals surface area contributed by atoms with Gasteiger partial charge < -0.3 is 15.0 Å². The Kier molecular flexibility index (Phi) is 5.10. The molecule has 0 aromatic heterocycles. The SMILES string of the molecule is O=C1CCc2cc(C(=O)OC(C(=O)N3CCCC3)c3ccccc3)ccc2N1. The Morgan fingerprint density at radius 1 is 1.00 bits per heavy atom. The van der Waals surface area contributed by atoms with Gasteiger partial charge in [0.15, 0.2) is 0 Å². The van der Waals surface area contributed by atoms with E-state index >= 15 is 0 Å². The van der Waals surface area contributed by atoms with Crippen LogP contribution in [-0.2, 0) is 20.7 Å². The van der Waals surface area contributed by atoms with Gasteiger partial charge in [-0.15, -0.1) is 0 Å². The highest BCUT2D eigenvalue weighted by Gasteiger charge is 2.31. The summed E-state index contributed by atoms with van der Waals surface area (Å²) in [5.41, 5.74) is 2.67. The lowest BCUT2D eigenvalue weighted by atomic mass is 10.0. The Morgan fingerprint density at radius 3 is 2.50 bits per heavy atom. The number of carbonyl (C=O) groups excluding carboxylic acids is 3. The highest BCUT2D eigenvalue weighted by molar-refractivity contribution is 5.97. The fourth-order valence-electron chi connectivity index (χ4n) is 3.68. The first-order chi connectivity index (χ1) is 13.6. The van der Waals surface area contributed by atoms with E-state index in [0.29, 0.717) is 37.1 Å². The zero-order valence-electron chi connectivity index (χ0n) is 15.5. The van der Waals surface area contributed by atoms with E-state index in [9.17, 15) is 14.4 Å². The van der Waals surface area contributed by atoms with Crippen molar-refractivity contribution in [1.29, 1.82) is 0 Å². The first-order valence-electron chi connectivity index (χ1n) is 9.59. The minimum Gasteiger partial charge on any atom is -0.444 e. The number of fused-ring (bicyclic) bond motifs is 1. The largest absolute Gasteiger partial charge is 0.444 e. The molecule has 0 aliphatic carbocycles. The third-order valence-corrected chi connectivity index (χ3v) is 5.21. The molecule has 1 N–H and O–H groups in total. The summed E-state index contributed by atoms with van der Waals surface area (Å²) < 4.78 is 5.69. The second-order valence-electron chi connectivity index (χ2n) is 7.15. The predicted molar refractivity (Wildman–Crippen MR) is 104 cm³/mol. The van der Waals surface area contributed by atoms with Gasteiger partial charge in [-0.1, -0.05) is 30.3 Å². The maximum absolute atomic E-state index is 13.0. The van der Waals surface area contributed by atoms with E-state index in [0.717, 1.165) is 24.1 Å². The number of aryl methyl sites for hydroxylation is 1. The van der Waals surface area contributed by atoms with Gasteiger partial charge in [0.2, 0.25) is 12.0 Å². The average molecular weight is 378 g/mol. The van der Waals surface area contributed by atoms with E-state index in [1.807, 2.05) is 18.2 Å². The van der Waals surface area contributed by atoms with E-state index in [-0.39, 0.29) is 11.8 Å². The van der Waals surface area contributed by atoms with Crippen molar-refractivity contribution in [2.75, 3.05) is 18.4 Å². The molecule has 0 saturated carbocycles. The third-order valence-electron chi connectivity index (χ3n) is 5.21. The molecule has 4 rings (SSSR count). The van der Waals surface area contributed by atoms with Crippen LogP contribution in [0.15, 0.2) is 48.5 Å². The molecule has 1 fully saturated rings. The van der Waals surface area contributed by atoms with Crippen LogP contribution in [0, 0.1) is 0 Å². The summed E-state index contributed by atoms with van der Waals surface area (Å²) in [6.45, 7) is 1.39. The number of amides is 2. The first kappa shape index (κ1) is 18.2. The van der Waals surface area contributed by atoms with Crippen molar-refractivity contribution >= 4 is 23.5 Å². The second kappa shape index (κ2) is 7.84. The zero-order chi connectivity index (χ0) is 19.5. The molecule has 6 heteroatoms. The highest BCUT2D eigenvalue weighted by atomic mass is 16.5.